The molecule has 2 aromatic rings. The minimum atomic E-state index is -0.0343. The van der Waals surface area contributed by atoms with E-state index in [0.29, 0.717) is 24.6 Å². The highest BCUT2D eigenvalue weighted by molar-refractivity contribution is 5.94. The maximum Gasteiger partial charge on any atom is 0.251 e. The van der Waals surface area contributed by atoms with Crippen LogP contribution >= 0.6 is 0 Å². The first kappa shape index (κ1) is 22.5. The number of rotatable bonds is 8. The van der Waals surface area contributed by atoms with Gasteiger partial charge in [0.25, 0.3) is 5.91 Å². The van der Waals surface area contributed by atoms with Crippen LogP contribution < -0.4 is 10.6 Å². The zero-order chi connectivity index (χ0) is 21.4. The van der Waals surface area contributed by atoms with Gasteiger partial charge in [0.05, 0.1) is 5.69 Å². The van der Waals surface area contributed by atoms with Crippen molar-refractivity contribution in [2.45, 2.75) is 46.2 Å². The molecule has 1 heterocycles. The van der Waals surface area contributed by atoms with Crippen molar-refractivity contribution in [3.8, 4) is 0 Å². The molecule has 29 heavy (non-hydrogen) atoms. The summed E-state index contributed by atoms with van der Waals surface area (Å²) in [4.78, 5) is 18.7. The van der Waals surface area contributed by atoms with Crippen LogP contribution in [0.1, 0.15) is 60.3 Å². The molecule has 2 rings (SSSR count). The summed E-state index contributed by atoms with van der Waals surface area (Å²) in [6, 6.07) is 7.68. The van der Waals surface area contributed by atoms with Crippen LogP contribution in [0.25, 0.3) is 0 Å². The van der Waals surface area contributed by atoms with E-state index in [9.17, 15) is 4.79 Å². The molecule has 0 aliphatic carbocycles. The summed E-state index contributed by atoms with van der Waals surface area (Å²) in [5.74, 6) is 1.13. The fourth-order valence-corrected chi connectivity index (χ4v) is 3.22. The quantitative estimate of drug-likeness (QED) is 0.530. The van der Waals surface area contributed by atoms with E-state index in [1.807, 2.05) is 50.0 Å². The molecule has 1 aromatic heterocycles. The Hall–Kier alpha value is -2.83. The van der Waals surface area contributed by atoms with Gasteiger partial charge in [-0.3, -0.25) is 14.5 Å². The Balaban J connectivity index is 2.01. The molecule has 2 N–H and O–H groups in total. The van der Waals surface area contributed by atoms with Crippen molar-refractivity contribution in [1.29, 1.82) is 0 Å². The van der Waals surface area contributed by atoms with Crippen molar-refractivity contribution >= 4 is 11.9 Å². The summed E-state index contributed by atoms with van der Waals surface area (Å²) in [6.07, 6.45) is 2.99. The topological polar surface area (TPSA) is 74.6 Å². The third-order valence-corrected chi connectivity index (χ3v) is 4.64. The van der Waals surface area contributed by atoms with E-state index in [-0.39, 0.29) is 5.91 Å². The van der Waals surface area contributed by atoms with Crippen LogP contribution in [0.5, 0.6) is 0 Å². The van der Waals surface area contributed by atoms with E-state index in [1.165, 1.54) is 5.56 Å². The van der Waals surface area contributed by atoms with Crippen LogP contribution in [0.15, 0.2) is 35.5 Å². The first-order valence-corrected chi connectivity index (χ1v) is 10.2. The number of benzene rings is 1. The summed E-state index contributed by atoms with van der Waals surface area (Å²) in [7, 11) is 5.74. The number of aliphatic imine (C=N–C) groups is 1. The van der Waals surface area contributed by atoms with Gasteiger partial charge in [0.1, 0.15) is 0 Å². The largest absolute Gasteiger partial charge is 0.352 e. The number of guanidine groups is 1. The van der Waals surface area contributed by atoms with Crippen LogP contribution in [0.4, 0.5) is 0 Å². The summed E-state index contributed by atoms with van der Waals surface area (Å²) < 4.78 is 1.86. The first-order valence-electron chi connectivity index (χ1n) is 10.2. The van der Waals surface area contributed by atoms with Crippen molar-refractivity contribution in [2.24, 2.45) is 12.0 Å². The average Bonchev–Trinajstić information content (AvgIpc) is 3.07. The summed E-state index contributed by atoms with van der Waals surface area (Å²) in [5.41, 5.74) is 4.02. The van der Waals surface area contributed by atoms with Gasteiger partial charge in [-0.15, -0.1) is 0 Å². The Kier molecular flexibility index (Phi) is 8.24. The molecule has 0 unspecified atom stereocenters. The summed E-state index contributed by atoms with van der Waals surface area (Å²) >= 11 is 0. The Bertz CT molecular complexity index is 840. The zero-order valence-electron chi connectivity index (χ0n) is 18.5. The lowest BCUT2D eigenvalue weighted by atomic mass is 10.1. The fraction of sp³-hybridized carbons (Fsp3) is 0.500. The second kappa shape index (κ2) is 10.6. The van der Waals surface area contributed by atoms with E-state index in [2.05, 4.69) is 45.7 Å². The van der Waals surface area contributed by atoms with Gasteiger partial charge < -0.3 is 15.5 Å². The standard InChI is InChI=1S/C22H34N6O/c1-7-11-24-21(29)18-10-8-9-17(12-18)13-25-22(23-4)27(5)14-19-15-28(6)26-20(19)16(2)3/h8-10,12,15-16H,7,11,13-14H2,1-6H3,(H,23,25)(H,24,29). The molecule has 0 aliphatic rings. The normalized spacial score (nSPS) is 11.6. The maximum absolute atomic E-state index is 12.2. The molecule has 1 amide bonds. The minimum absolute atomic E-state index is 0.0343. The molecular weight excluding hydrogens is 364 g/mol. The van der Waals surface area contributed by atoms with Gasteiger partial charge in [-0.2, -0.15) is 5.10 Å². The molecule has 0 radical (unpaired) electrons. The summed E-state index contributed by atoms with van der Waals surface area (Å²) in [5, 5.41) is 10.9. The number of aryl methyl sites for hydroxylation is 1. The van der Waals surface area contributed by atoms with E-state index in [0.717, 1.165) is 30.2 Å². The van der Waals surface area contributed by atoms with Crippen LogP contribution in [0.3, 0.4) is 0 Å². The summed E-state index contributed by atoms with van der Waals surface area (Å²) in [6.45, 7) is 8.35. The van der Waals surface area contributed by atoms with Gasteiger partial charge in [-0.05, 0) is 30.0 Å². The number of carbonyl (C=O) groups excluding carboxylic acids is 1. The van der Waals surface area contributed by atoms with E-state index in [1.54, 1.807) is 7.05 Å². The molecular formula is C22H34N6O. The third kappa shape index (κ3) is 6.34. The lowest BCUT2D eigenvalue weighted by molar-refractivity contribution is 0.0953. The highest BCUT2D eigenvalue weighted by Gasteiger charge is 2.15. The van der Waals surface area contributed by atoms with Gasteiger partial charge in [-0.25, -0.2) is 0 Å². The van der Waals surface area contributed by atoms with Gasteiger partial charge >= 0.3 is 0 Å². The van der Waals surface area contributed by atoms with E-state index in [4.69, 9.17) is 0 Å². The highest BCUT2D eigenvalue weighted by Crippen LogP contribution is 2.18. The number of carbonyl (C=O) groups is 1. The van der Waals surface area contributed by atoms with Gasteiger partial charge in [-0.1, -0.05) is 32.9 Å². The Morgan fingerprint density at radius 1 is 1.31 bits per heavy atom. The number of nitrogens with one attached hydrogen (secondary N) is 2. The van der Waals surface area contributed by atoms with Crippen molar-refractivity contribution in [1.82, 2.24) is 25.3 Å². The van der Waals surface area contributed by atoms with E-state index < -0.39 is 0 Å². The monoisotopic (exact) mass is 398 g/mol. The third-order valence-electron chi connectivity index (χ3n) is 4.64. The molecule has 0 atom stereocenters. The molecule has 0 bridgehead atoms. The lowest BCUT2D eigenvalue weighted by Crippen LogP contribution is -2.38. The number of nitrogens with zero attached hydrogens (tertiary/aromatic N) is 4. The first-order chi connectivity index (χ1) is 13.8. The van der Waals surface area contributed by atoms with Gasteiger partial charge in [0.2, 0.25) is 0 Å². The van der Waals surface area contributed by atoms with Gasteiger partial charge in [0.15, 0.2) is 5.96 Å². The Labute approximate surface area is 174 Å². The number of amides is 1. The Morgan fingerprint density at radius 3 is 2.72 bits per heavy atom. The van der Waals surface area contributed by atoms with Crippen molar-refractivity contribution in [3.05, 3.63) is 52.8 Å². The molecule has 1 aromatic carbocycles. The Morgan fingerprint density at radius 2 is 2.07 bits per heavy atom. The predicted octanol–water partition coefficient (Wildman–Crippen LogP) is 2.89. The average molecular weight is 399 g/mol. The van der Waals surface area contributed by atoms with Crippen molar-refractivity contribution in [2.75, 3.05) is 20.6 Å². The zero-order valence-corrected chi connectivity index (χ0v) is 18.5. The van der Waals surface area contributed by atoms with E-state index >= 15 is 0 Å². The predicted molar refractivity (Wildman–Crippen MR) is 118 cm³/mol. The molecule has 7 nitrogen and oxygen atoms in total. The minimum Gasteiger partial charge on any atom is -0.352 e. The lowest BCUT2D eigenvalue weighted by Gasteiger charge is -2.22. The molecule has 0 spiro atoms. The van der Waals surface area contributed by atoms with Crippen molar-refractivity contribution < 1.29 is 4.79 Å². The SMILES string of the molecule is CCCNC(=O)c1cccc(CNC(=NC)N(C)Cc2cn(C)nc2C(C)C)c1. The van der Waals surface area contributed by atoms with Crippen LogP contribution in [0.2, 0.25) is 0 Å². The number of hydrogen-bond donors (Lipinski definition) is 2. The highest BCUT2D eigenvalue weighted by atomic mass is 16.1. The van der Waals surface area contributed by atoms with Crippen LogP contribution in [0, 0.1) is 0 Å². The molecule has 0 saturated carbocycles. The van der Waals surface area contributed by atoms with Gasteiger partial charge in [0, 0.05) is 58.1 Å². The molecule has 0 saturated heterocycles. The smallest absolute Gasteiger partial charge is 0.251 e. The van der Waals surface area contributed by atoms with Crippen LogP contribution in [-0.4, -0.2) is 47.2 Å². The second-order valence-electron chi connectivity index (χ2n) is 7.58. The number of hydrogen-bond acceptors (Lipinski definition) is 3. The van der Waals surface area contributed by atoms with Crippen molar-refractivity contribution in [3.63, 3.8) is 0 Å². The maximum atomic E-state index is 12.2. The number of aromatic nitrogens is 2. The fourth-order valence-electron chi connectivity index (χ4n) is 3.22. The molecule has 158 valence electrons. The molecule has 0 fully saturated rings. The van der Waals surface area contributed by atoms with Crippen LogP contribution in [-0.2, 0) is 20.1 Å². The molecule has 7 heteroatoms. The second-order valence-corrected chi connectivity index (χ2v) is 7.58. The molecule has 0 aliphatic heterocycles.